The number of nitrogens with one attached hydrogen (secondary N) is 1. The van der Waals surface area contributed by atoms with Gasteiger partial charge in [-0.15, -0.1) is 0 Å². The highest BCUT2D eigenvalue weighted by atomic mass is 32.1. The van der Waals surface area contributed by atoms with Crippen LogP contribution in [-0.2, 0) is 0 Å². The summed E-state index contributed by atoms with van der Waals surface area (Å²) in [5.74, 6) is 0. The Morgan fingerprint density at radius 1 is 1.31 bits per heavy atom. The van der Waals surface area contributed by atoms with E-state index in [-0.39, 0.29) is 13.5 Å². The summed E-state index contributed by atoms with van der Waals surface area (Å²) in [6.07, 6.45) is 2.09. The van der Waals surface area contributed by atoms with Crippen LogP contribution in [-0.4, -0.2) is 12.6 Å². The summed E-state index contributed by atoms with van der Waals surface area (Å²) in [4.78, 5) is 9.99. The first-order chi connectivity index (χ1) is 7.16. The van der Waals surface area contributed by atoms with Crippen LogP contribution in [0.5, 0.6) is 0 Å². The van der Waals surface area contributed by atoms with E-state index in [0.717, 1.165) is 12.8 Å². The van der Waals surface area contributed by atoms with Gasteiger partial charge in [0.05, 0.1) is 0 Å². The number of carbonyl (C=O) groups excluding carboxylic acids is 1. The van der Waals surface area contributed by atoms with Gasteiger partial charge < -0.3 is 11.1 Å². The molecule has 16 heavy (non-hydrogen) atoms. The zero-order valence-electron chi connectivity index (χ0n) is 9.99. The zero-order chi connectivity index (χ0) is 11.5. The van der Waals surface area contributed by atoms with Crippen molar-refractivity contribution in [3.8, 4) is 0 Å². The van der Waals surface area contributed by atoms with Crippen molar-refractivity contribution in [2.75, 3.05) is 6.54 Å². The van der Waals surface area contributed by atoms with Crippen LogP contribution in [0, 0.1) is 6.92 Å². The van der Waals surface area contributed by atoms with E-state index in [1.165, 1.54) is 5.56 Å². The van der Waals surface area contributed by atoms with Gasteiger partial charge in [-0.05, 0) is 13.3 Å². The standard InChI is InChI=1S/C7H8.C5H12N2O.H2S/c1-7-5-3-2-4-6-7;1-2-3-4-7-5(6)8;/h2-6H,1H3;2-4H2,1H3,(H3,6,7,8);1H2. The van der Waals surface area contributed by atoms with Crippen molar-refractivity contribution in [1.29, 1.82) is 0 Å². The van der Waals surface area contributed by atoms with E-state index >= 15 is 0 Å². The molecule has 4 heteroatoms. The van der Waals surface area contributed by atoms with Gasteiger partial charge in [-0.2, -0.15) is 13.5 Å². The third-order valence-electron chi connectivity index (χ3n) is 1.77. The van der Waals surface area contributed by atoms with Crippen LogP contribution >= 0.6 is 13.5 Å². The summed E-state index contributed by atoms with van der Waals surface area (Å²) < 4.78 is 0. The molecule has 0 aliphatic carbocycles. The first-order valence-electron chi connectivity index (χ1n) is 5.21. The molecular formula is C12H22N2OS. The number of hydrogen-bond acceptors (Lipinski definition) is 1. The van der Waals surface area contributed by atoms with Crippen LogP contribution in [0.2, 0.25) is 0 Å². The number of urea groups is 1. The lowest BCUT2D eigenvalue weighted by atomic mass is 10.2. The Hall–Kier alpha value is -1.16. The first-order valence-corrected chi connectivity index (χ1v) is 5.21. The Morgan fingerprint density at radius 3 is 2.19 bits per heavy atom. The lowest BCUT2D eigenvalue weighted by Gasteiger charge is -1.96. The number of rotatable bonds is 3. The second-order valence-electron chi connectivity index (χ2n) is 3.30. The topological polar surface area (TPSA) is 55.1 Å². The number of aryl methyl sites for hydroxylation is 1. The molecule has 0 bridgehead atoms. The summed E-state index contributed by atoms with van der Waals surface area (Å²) in [5.41, 5.74) is 6.10. The monoisotopic (exact) mass is 242 g/mol. The fourth-order valence-electron chi connectivity index (χ4n) is 0.923. The molecule has 0 spiro atoms. The Bertz CT molecular complexity index is 265. The van der Waals surface area contributed by atoms with Crippen LogP contribution in [0.25, 0.3) is 0 Å². The summed E-state index contributed by atoms with van der Waals surface area (Å²) in [7, 11) is 0. The summed E-state index contributed by atoms with van der Waals surface area (Å²) in [6, 6.07) is 9.83. The van der Waals surface area contributed by atoms with Gasteiger partial charge in [-0.25, -0.2) is 4.79 Å². The zero-order valence-corrected chi connectivity index (χ0v) is 11.0. The Kier molecular flexibility index (Phi) is 12.8. The maximum Gasteiger partial charge on any atom is 0.312 e. The van der Waals surface area contributed by atoms with Crippen LogP contribution in [0.4, 0.5) is 4.79 Å². The molecule has 0 atom stereocenters. The molecule has 0 aromatic heterocycles. The van der Waals surface area contributed by atoms with Crippen LogP contribution in [0.3, 0.4) is 0 Å². The third kappa shape index (κ3) is 12.8. The second kappa shape index (κ2) is 11.9. The Balaban J connectivity index is 0. The Morgan fingerprint density at radius 2 is 1.88 bits per heavy atom. The molecule has 1 rings (SSSR count). The van der Waals surface area contributed by atoms with Gasteiger partial charge in [0.1, 0.15) is 0 Å². The van der Waals surface area contributed by atoms with Gasteiger partial charge >= 0.3 is 6.03 Å². The number of carbonyl (C=O) groups is 1. The molecule has 0 saturated carbocycles. The predicted molar refractivity (Wildman–Crippen MR) is 74.1 cm³/mol. The summed E-state index contributed by atoms with van der Waals surface area (Å²) in [5, 5.41) is 2.49. The lowest BCUT2D eigenvalue weighted by molar-refractivity contribution is 0.249. The van der Waals surface area contributed by atoms with E-state index in [2.05, 4.69) is 31.3 Å². The number of benzene rings is 1. The fourth-order valence-corrected chi connectivity index (χ4v) is 0.923. The van der Waals surface area contributed by atoms with E-state index < -0.39 is 6.03 Å². The van der Waals surface area contributed by atoms with Gasteiger partial charge in [-0.1, -0.05) is 49.2 Å². The molecule has 0 saturated heterocycles. The van der Waals surface area contributed by atoms with Crippen molar-refractivity contribution in [2.45, 2.75) is 26.7 Å². The van der Waals surface area contributed by atoms with Crippen LogP contribution in [0.15, 0.2) is 30.3 Å². The molecule has 0 unspecified atom stereocenters. The van der Waals surface area contributed by atoms with Crippen molar-refractivity contribution in [3.63, 3.8) is 0 Å². The van der Waals surface area contributed by atoms with Gasteiger partial charge in [0, 0.05) is 6.54 Å². The minimum absolute atomic E-state index is 0. The van der Waals surface area contributed by atoms with Gasteiger partial charge in [0.2, 0.25) is 0 Å². The largest absolute Gasteiger partial charge is 0.352 e. The molecule has 3 nitrogen and oxygen atoms in total. The van der Waals surface area contributed by atoms with Gasteiger partial charge in [0.15, 0.2) is 0 Å². The maximum absolute atomic E-state index is 9.99. The number of primary amides is 1. The van der Waals surface area contributed by atoms with E-state index in [0.29, 0.717) is 6.54 Å². The number of amides is 2. The minimum atomic E-state index is -0.432. The SMILES string of the molecule is CCCCNC(N)=O.Cc1ccccc1.S. The molecule has 3 N–H and O–H groups in total. The summed E-state index contributed by atoms with van der Waals surface area (Å²) >= 11 is 0. The molecule has 0 heterocycles. The lowest BCUT2D eigenvalue weighted by Crippen LogP contribution is -2.29. The molecular weight excluding hydrogens is 220 g/mol. The van der Waals surface area contributed by atoms with Crippen LogP contribution in [0.1, 0.15) is 25.3 Å². The van der Waals surface area contributed by atoms with Gasteiger partial charge in [-0.3, -0.25) is 0 Å². The molecule has 1 aromatic carbocycles. The second-order valence-corrected chi connectivity index (χ2v) is 3.30. The predicted octanol–water partition coefficient (Wildman–Crippen LogP) is 2.56. The van der Waals surface area contributed by atoms with E-state index in [1.807, 2.05) is 18.2 Å². The highest BCUT2D eigenvalue weighted by Crippen LogP contribution is 1.92. The first kappa shape index (κ1) is 17.2. The van der Waals surface area contributed by atoms with Gasteiger partial charge in [0.25, 0.3) is 0 Å². The number of nitrogens with two attached hydrogens (primary N) is 1. The molecule has 0 radical (unpaired) electrons. The van der Waals surface area contributed by atoms with Crippen molar-refractivity contribution in [2.24, 2.45) is 5.73 Å². The molecule has 1 aromatic rings. The van der Waals surface area contributed by atoms with E-state index in [1.54, 1.807) is 0 Å². The quantitative estimate of drug-likeness (QED) is 0.786. The smallest absolute Gasteiger partial charge is 0.312 e. The molecule has 0 aliphatic heterocycles. The van der Waals surface area contributed by atoms with E-state index in [9.17, 15) is 4.79 Å². The molecule has 0 aliphatic rings. The molecule has 92 valence electrons. The average Bonchev–Trinajstić information content (AvgIpc) is 2.20. The van der Waals surface area contributed by atoms with Crippen molar-refractivity contribution in [1.82, 2.24) is 5.32 Å². The minimum Gasteiger partial charge on any atom is -0.352 e. The summed E-state index contributed by atoms with van der Waals surface area (Å²) in [6.45, 7) is 4.84. The van der Waals surface area contributed by atoms with E-state index in [4.69, 9.17) is 5.73 Å². The normalized spacial score (nSPS) is 8.12. The number of hydrogen-bond donors (Lipinski definition) is 2. The molecule has 2 amide bonds. The van der Waals surface area contributed by atoms with Crippen molar-refractivity contribution >= 4 is 19.5 Å². The average molecular weight is 242 g/mol. The fraction of sp³-hybridized carbons (Fsp3) is 0.417. The van der Waals surface area contributed by atoms with Crippen molar-refractivity contribution < 1.29 is 4.79 Å². The third-order valence-corrected chi connectivity index (χ3v) is 1.77. The highest BCUT2D eigenvalue weighted by molar-refractivity contribution is 7.59. The van der Waals surface area contributed by atoms with Crippen molar-refractivity contribution in [3.05, 3.63) is 35.9 Å². The maximum atomic E-state index is 9.99. The number of unbranched alkanes of at least 4 members (excludes halogenated alkanes) is 1. The Labute approximate surface area is 105 Å². The molecule has 0 fully saturated rings. The highest BCUT2D eigenvalue weighted by Gasteiger charge is 1.86. The van der Waals surface area contributed by atoms with Crippen LogP contribution < -0.4 is 11.1 Å².